The second-order valence-corrected chi connectivity index (χ2v) is 6.02. The summed E-state index contributed by atoms with van der Waals surface area (Å²) in [5.74, 6) is 1.84. The number of thiophene rings is 1. The standard InChI is InChI=1S/C13H14N6OS/c14-11-8-4-6-21-12(8)16-9(15-11)7-19-13(20)18-5-2-1-3-10(18)17-19/h4,6H,1-3,5,7H2,(H2,14,15,16). The van der Waals surface area contributed by atoms with E-state index in [1.54, 1.807) is 4.57 Å². The highest BCUT2D eigenvalue weighted by Gasteiger charge is 2.17. The molecule has 0 spiro atoms. The Bertz CT molecular complexity index is 877. The summed E-state index contributed by atoms with van der Waals surface area (Å²) in [6.07, 6.45) is 2.97. The second kappa shape index (κ2) is 4.66. The van der Waals surface area contributed by atoms with Crippen LogP contribution in [0.2, 0.25) is 0 Å². The molecule has 0 fully saturated rings. The van der Waals surface area contributed by atoms with Gasteiger partial charge in [0.25, 0.3) is 0 Å². The van der Waals surface area contributed by atoms with Gasteiger partial charge in [0.05, 0.1) is 5.39 Å². The van der Waals surface area contributed by atoms with Gasteiger partial charge in [-0.3, -0.25) is 4.57 Å². The number of anilines is 1. The van der Waals surface area contributed by atoms with Crippen LogP contribution >= 0.6 is 11.3 Å². The fraction of sp³-hybridized carbons (Fsp3) is 0.385. The van der Waals surface area contributed by atoms with Crippen molar-refractivity contribution in [3.8, 4) is 0 Å². The van der Waals surface area contributed by atoms with Crippen LogP contribution in [-0.2, 0) is 19.5 Å². The summed E-state index contributed by atoms with van der Waals surface area (Å²) >= 11 is 1.51. The van der Waals surface area contributed by atoms with Crippen molar-refractivity contribution < 1.29 is 0 Å². The summed E-state index contributed by atoms with van der Waals surface area (Å²) in [5.41, 5.74) is 5.85. The molecule has 108 valence electrons. The zero-order chi connectivity index (χ0) is 14.4. The van der Waals surface area contributed by atoms with Gasteiger partial charge in [0, 0.05) is 13.0 Å². The average Bonchev–Trinajstić information content (AvgIpc) is 3.06. The minimum atomic E-state index is -0.0850. The van der Waals surface area contributed by atoms with E-state index in [1.165, 1.54) is 16.0 Å². The third-order valence-electron chi connectivity index (χ3n) is 3.72. The summed E-state index contributed by atoms with van der Waals surface area (Å²) in [7, 11) is 0. The molecular formula is C13H14N6OS. The van der Waals surface area contributed by atoms with Gasteiger partial charge >= 0.3 is 5.69 Å². The van der Waals surface area contributed by atoms with E-state index in [0.717, 1.165) is 41.8 Å². The van der Waals surface area contributed by atoms with Gasteiger partial charge in [0.15, 0.2) is 5.82 Å². The van der Waals surface area contributed by atoms with Crippen molar-refractivity contribution >= 4 is 27.4 Å². The van der Waals surface area contributed by atoms with Crippen LogP contribution in [0.1, 0.15) is 24.5 Å². The predicted molar refractivity (Wildman–Crippen MR) is 80.4 cm³/mol. The highest BCUT2D eigenvalue weighted by atomic mass is 32.1. The first-order valence-corrected chi connectivity index (χ1v) is 7.76. The van der Waals surface area contributed by atoms with E-state index in [-0.39, 0.29) is 12.2 Å². The smallest absolute Gasteiger partial charge is 0.346 e. The number of nitrogens with zero attached hydrogens (tertiary/aromatic N) is 5. The molecule has 21 heavy (non-hydrogen) atoms. The molecule has 4 rings (SSSR count). The lowest BCUT2D eigenvalue weighted by Gasteiger charge is -2.09. The van der Waals surface area contributed by atoms with E-state index in [1.807, 2.05) is 11.4 Å². The van der Waals surface area contributed by atoms with Crippen LogP contribution in [0.25, 0.3) is 10.2 Å². The highest BCUT2D eigenvalue weighted by Crippen LogP contribution is 2.22. The van der Waals surface area contributed by atoms with Crippen LogP contribution in [0.15, 0.2) is 16.2 Å². The molecular weight excluding hydrogens is 288 g/mol. The molecule has 0 unspecified atom stereocenters. The summed E-state index contributed by atoms with van der Waals surface area (Å²) in [6.45, 7) is 1.01. The van der Waals surface area contributed by atoms with Gasteiger partial charge in [-0.2, -0.15) is 5.10 Å². The molecule has 1 aliphatic rings. The van der Waals surface area contributed by atoms with Crippen molar-refractivity contribution in [1.82, 2.24) is 24.3 Å². The zero-order valence-corrected chi connectivity index (χ0v) is 12.1. The number of fused-ring (bicyclic) bond motifs is 2. The Morgan fingerprint density at radius 2 is 2.24 bits per heavy atom. The largest absolute Gasteiger partial charge is 0.383 e. The van der Waals surface area contributed by atoms with Crippen LogP contribution in [-0.4, -0.2) is 24.3 Å². The van der Waals surface area contributed by atoms with Crippen LogP contribution < -0.4 is 11.4 Å². The number of hydrogen-bond acceptors (Lipinski definition) is 6. The molecule has 8 heteroatoms. The first-order valence-electron chi connectivity index (χ1n) is 6.88. The number of hydrogen-bond donors (Lipinski definition) is 1. The summed E-state index contributed by atoms with van der Waals surface area (Å²) in [4.78, 5) is 21.9. The maximum atomic E-state index is 12.3. The third kappa shape index (κ3) is 2.02. The monoisotopic (exact) mass is 302 g/mol. The molecule has 3 aromatic heterocycles. The van der Waals surface area contributed by atoms with Gasteiger partial charge in [-0.1, -0.05) is 0 Å². The lowest BCUT2D eigenvalue weighted by molar-refractivity contribution is 0.511. The van der Waals surface area contributed by atoms with Crippen LogP contribution in [0.5, 0.6) is 0 Å². The summed E-state index contributed by atoms with van der Waals surface area (Å²) in [6, 6.07) is 1.90. The highest BCUT2D eigenvalue weighted by molar-refractivity contribution is 7.16. The van der Waals surface area contributed by atoms with Crippen molar-refractivity contribution in [2.45, 2.75) is 32.4 Å². The number of aryl methyl sites for hydroxylation is 1. The van der Waals surface area contributed by atoms with E-state index in [0.29, 0.717) is 11.6 Å². The van der Waals surface area contributed by atoms with Crippen molar-refractivity contribution in [2.75, 3.05) is 5.73 Å². The average molecular weight is 302 g/mol. The Labute approximate surface area is 124 Å². The molecule has 1 aliphatic heterocycles. The van der Waals surface area contributed by atoms with E-state index in [9.17, 15) is 4.79 Å². The van der Waals surface area contributed by atoms with Crippen molar-refractivity contribution in [2.24, 2.45) is 0 Å². The number of nitrogens with two attached hydrogens (primary N) is 1. The SMILES string of the molecule is Nc1nc(Cn2nc3n(c2=O)CCCC3)nc2sccc12. The quantitative estimate of drug-likeness (QED) is 0.763. The number of rotatable bonds is 2. The third-order valence-corrected chi connectivity index (χ3v) is 4.53. The molecule has 2 N–H and O–H groups in total. The van der Waals surface area contributed by atoms with Crippen LogP contribution in [0.3, 0.4) is 0 Å². The van der Waals surface area contributed by atoms with Crippen molar-refractivity contribution in [1.29, 1.82) is 0 Å². The van der Waals surface area contributed by atoms with Crippen molar-refractivity contribution in [3.05, 3.63) is 33.6 Å². The molecule has 0 radical (unpaired) electrons. The Hall–Kier alpha value is -2.22. The van der Waals surface area contributed by atoms with Gasteiger partial charge in [0.1, 0.15) is 23.0 Å². The number of nitrogen functional groups attached to an aromatic ring is 1. The Morgan fingerprint density at radius 3 is 3.10 bits per heavy atom. The normalized spacial score (nSPS) is 14.5. The summed E-state index contributed by atoms with van der Waals surface area (Å²) in [5, 5.41) is 7.19. The maximum Gasteiger partial charge on any atom is 0.346 e. The van der Waals surface area contributed by atoms with E-state index < -0.39 is 0 Å². The molecule has 0 saturated carbocycles. The number of aromatic nitrogens is 5. The Kier molecular flexibility index (Phi) is 2.78. The zero-order valence-electron chi connectivity index (χ0n) is 11.3. The maximum absolute atomic E-state index is 12.3. The lowest BCUT2D eigenvalue weighted by Crippen LogP contribution is -2.27. The van der Waals surface area contributed by atoms with E-state index in [2.05, 4.69) is 15.1 Å². The van der Waals surface area contributed by atoms with Gasteiger partial charge in [-0.15, -0.1) is 11.3 Å². The summed E-state index contributed by atoms with van der Waals surface area (Å²) < 4.78 is 3.19. The molecule has 0 aromatic carbocycles. The molecule has 0 amide bonds. The molecule has 0 aliphatic carbocycles. The molecule has 7 nitrogen and oxygen atoms in total. The molecule has 3 aromatic rings. The van der Waals surface area contributed by atoms with Gasteiger partial charge < -0.3 is 5.73 Å². The fourth-order valence-corrected chi connectivity index (χ4v) is 3.47. The van der Waals surface area contributed by atoms with Crippen LogP contribution in [0.4, 0.5) is 5.82 Å². The molecule has 0 bridgehead atoms. The van der Waals surface area contributed by atoms with Gasteiger partial charge in [-0.05, 0) is 24.3 Å². The topological polar surface area (TPSA) is 91.6 Å². The minimum absolute atomic E-state index is 0.0850. The minimum Gasteiger partial charge on any atom is -0.383 e. The first-order chi connectivity index (χ1) is 10.2. The second-order valence-electron chi connectivity index (χ2n) is 5.13. The fourth-order valence-electron chi connectivity index (χ4n) is 2.68. The molecule has 0 atom stereocenters. The van der Waals surface area contributed by atoms with Crippen molar-refractivity contribution in [3.63, 3.8) is 0 Å². The van der Waals surface area contributed by atoms with Crippen LogP contribution in [0, 0.1) is 0 Å². The predicted octanol–water partition coefficient (Wildman–Crippen LogP) is 1.02. The Morgan fingerprint density at radius 1 is 1.33 bits per heavy atom. The Balaban J connectivity index is 1.74. The molecule has 0 saturated heterocycles. The van der Waals surface area contributed by atoms with Gasteiger partial charge in [0.2, 0.25) is 0 Å². The van der Waals surface area contributed by atoms with Gasteiger partial charge in [-0.25, -0.2) is 19.4 Å². The lowest BCUT2D eigenvalue weighted by atomic mass is 10.2. The van der Waals surface area contributed by atoms with E-state index in [4.69, 9.17) is 5.73 Å². The van der Waals surface area contributed by atoms with E-state index >= 15 is 0 Å². The first kappa shape index (κ1) is 12.5. The molecule has 4 heterocycles.